The average molecular weight is 497 g/mol. The second-order valence-electron chi connectivity index (χ2n) is 8.84. The normalized spacial score (nSPS) is 12.0. The molecule has 0 aliphatic heterocycles. The van der Waals surface area contributed by atoms with Crippen LogP contribution in [0.2, 0.25) is 0 Å². The minimum Gasteiger partial charge on any atom is -0.359 e. The molecule has 1 atom stereocenters. The van der Waals surface area contributed by atoms with E-state index in [9.17, 15) is 9.59 Å². The minimum atomic E-state index is -0.399. The average Bonchev–Trinajstić information content (AvgIpc) is 3.59. The fourth-order valence-corrected chi connectivity index (χ4v) is 4.28. The van der Waals surface area contributed by atoms with Gasteiger partial charge >= 0.3 is 0 Å². The van der Waals surface area contributed by atoms with Gasteiger partial charge in [-0.25, -0.2) is 14.5 Å². The Hall–Kier alpha value is -4.60. The summed E-state index contributed by atoms with van der Waals surface area (Å²) in [5.74, 6) is 0.691. The summed E-state index contributed by atoms with van der Waals surface area (Å²) in [6.07, 6.45) is 8.66. The van der Waals surface area contributed by atoms with E-state index in [0.29, 0.717) is 24.4 Å². The number of H-pyrrole nitrogens is 1. The summed E-state index contributed by atoms with van der Waals surface area (Å²) >= 11 is 0. The van der Waals surface area contributed by atoms with E-state index in [1.165, 1.54) is 9.90 Å². The molecule has 188 valence electrons. The number of imidazole rings is 1. The van der Waals surface area contributed by atoms with Crippen molar-refractivity contribution in [2.24, 2.45) is 0 Å². The second kappa shape index (κ2) is 11.0. The first-order valence-electron chi connectivity index (χ1n) is 12.3. The fraction of sp³-hybridized carbons (Fsp3) is 0.259. The molecule has 0 aliphatic carbocycles. The van der Waals surface area contributed by atoms with Crippen molar-refractivity contribution in [2.75, 3.05) is 7.05 Å². The molecule has 10 heteroatoms. The molecule has 0 fully saturated rings. The number of amides is 2. The van der Waals surface area contributed by atoms with E-state index >= 15 is 0 Å². The van der Waals surface area contributed by atoms with Crippen LogP contribution in [0, 0.1) is 0 Å². The van der Waals surface area contributed by atoms with Gasteiger partial charge in [-0.05, 0) is 35.7 Å². The monoisotopic (exact) mass is 496 g/mol. The van der Waals surface area contributed by atoms with Crippen LogP contribution in [0.5, 0.6) is 0 Å². The molecule has 2 amide bonds. The lowest BCUT2D eigenvalue weighted by Crippen LogP contribution is -2.30. The van der Waals surface area contributed by atoms with Gasteiger partial charge < -0.3 is 15.6 Å². The van der Waals surface area contributed by atoms with Crippen LogP contribution in [-0.2, 0) is 4.79 Å². The molecule has 0 saturated heterocycles. The molecule has 3 N–H and O–H groups in total. The standard InChI is InChI=1S/C27H28N8O2/c1-28-23(36)11-4-2-3-10-21(32-26(37)25-33-27-29-14-7-15-35(27)34-25)24-30-17-22(31-24)20-13-12-18-8-5-6-9-19(18)16-20/h5-9,12-17,21H,2-4,10-11H2,1H3,(H,28,36)(H,30,31)(H,32,37). The first kappa shape index (κ1) is 24.1. The van der Waals surface area contributed by atoms with E-state index in [4.69, 9.17) is 0 Å². The van der Waals surface area contributed by atoms with Crippen molar-refractivity contribution < 1.29 is 9.59 Å². The molecule has 3 heterocycles. The number of unbranched alkanes of at least 4 members (excludes halogenated alkanes) is 2. The van der Waals surface area contributed by atoms with Crippen molar-refractivity contribution in [1.29, 1.82) is 0 Å². The third-order valence-corrected chi connectivity index (χ3v) is 6.29. The molecule has 10 nitrogen and oxygen atoms in total. The Labute approximate surface area is 213 Å². The van der Waals surface area contributed by atoms with E-state index in [-0.39, 0.29) is 17.8 Å². The molecular weight excluding hydrogens is 468 g/mol. The molecule has 0 bridgehead atoms. The van der Waals surface area contributed by atoms with Crippen molar-refractivity contribution in [3.63, 3.8) is 0 Å². The number of benzene rings is 2. The number of aromatic nitrogens is 6. The molecule has 0 radical (unpaired) electrons. The SMILES string of the molecule is CNC(=O)CCCCCC(NC(=O)c1nc2ncccn2n1)c1ncc(-c2ccc3ccccc3c2)[nH]1. The fourth-order valence-electron chi connectivity index (χ4n) is 4.28. The van der Waals surface area contributed by atoms with Crippen LogP contribution in [-0.4, -0.2) is 48.4 Å². The maximum absolute atomic E-state index is 13.1. The molecule has 3 aromatic heterocycles. The summed E-state index contributed by atoms with van der Waals surface area (Å²) in [7, 11) is 1.64. The molecule has 1 unspecified atom stereocenters. The highest BCUT2D eigenvalue weighted by atomic mass is 16.2. The molecule has 0 spiro atoms. The van der Waals surface area contributed by atoms with Crippen LogP contribution in [0.25, 0.3) is 27.8 Å². The number of hydrogen-bond donors (Lipinski definition) is 3. The number of hydrogen-bond acceptors (Lipinski definition) is 6. The number of nitrogens with zero attached hydrogens (tertiary/aromatic N) is 5. The zero-order chi connectivity index (χ0) is 25.6. The summed E-state index contributed by atoms with van der Waals surface area (Å²) in [5, 5.41) is 12.2. The van der Waals surface area contributed by atoms with Crippen LogP contribution in [0.4, 0.5) is 0 Å². The lowest BCUT2D eigenvalue weighted by molar-refractivity contribution is -0.120. The lowest BCUT2D eigenvalue weighted by atomic mass is 10.1. The Morgan fingerprint density at radius 1 is 1.03 bits per heavy atom. The molecular formula is C27H28N8O2. The van der Waals surface area contributed by atoms with Crippen LogP contribution < -0.4 is 10.6 Å². The number of carbonyl (C=O) groups excluding carboxylic acids is 2. The Kier molecular flexibility index (Phi) is 7.16. The van der Waals surface area contributed by atoms with Crippen LogP contribution in [0.3, 0.4) is 0 Å². The van der Waals surface area contributed by atoms with Crippen LogP contribution in [0.15, 0.2) is 67.1 Å². The number of nitrogens with one attached hydrogen (secondary N) is 3. The number of fused-ring (bicyclic) bond motifs is 2. The van der Waals surface area contributed by atoms with Gasteiger partial charge in [-0.2, -0.15) is 4.98 Å². The van der Waals surface area contributed by atoms with E-state index < -0.39 is 5.91 Å². The summed E-state index contributed by atoms with van der Waals surface area (Å²) in [4.78, 5) is 41.0. The van der Waals surface area contributed by atoms with Gasteiger partial charge in [0.05, 0.1) is 17.9 Å². The predicted molar refractivity (Wildman–Crippen MR) is 140 cm³/mol. The van der Waals surface area contributed by atoms with E-state index in [0.717, 1.165) is 35.9 Å². The van der Waals surface area contributed by atoms with Gasteiger partial charge in [0.15, 0.2) is 0 Å². The van der Waals surface area contributed by atoms with E-state index in [2.05, 4.69) is 66.0 Å². The summed E-state index contributed by atoms with van der Waals surface area (Å²) < 4.78 is 1.47. The summed E-state index contributed by atoms with van der Waals surface area (Å²) in [6, 6.07) is 15.8. The molecule has 0 aliphatic rings. The van der Waals surface area contributed by atoms with Gasteiger partial charge in [0.25, 0.3) is 11.7 Å². The smallest absolute Gasteiger partial charge is 0.291 e. The highest BCUT2D eigenvalue weighted by Gasteiger charge is 2.22. The molecule has 2 aromatic carbocycles. The highest BCUT2D eigenvalue weighted by molar-refractivity contribution is 5.91. The topological polar surface area (TPSA) is 130 Å². The van der Waals surface area contributed by atoms with Gasteiger partial charge in [0.1, 0.15) is 5.82 Å². The Morgan fingerprint density at radius 3 is 2.73 bits per heavy atom. The van der Waals surface area contributed by atoms with Gasteiger partial charge in [0, 0.05) is 31.4 Å². The third kappa shape index (κ3) is 5.64. The molecule has 5 rings (SSSR count). The maximum Gasteiger partial charge on any atom is 0.291 e. The molecule has 37 heavy (non-hydrogen) atoms. The summed E-state index contributed by atoms with van der Waals surface area (Å²) in [6.45, 7) is 0. The van der Waals surface area contributed by atoms with Gasteiger partial charge in [-0.3, -0.25) is 9.59 Å². The van der Waals surface area contributed by atoms with Gasteiger partial charge in [-0.1, -0.05) is 49.2 Å². The molecule has 0 saturated carbocycles. The predicted octanol–water partition coefficient (Wildman–Crippen LogP) is 3.84. The Balaban J connectivity index is 1.34. The second-order valence-corrected chi connectivity index (χ2v) is 8.84. The van der Waals surface area contributed by atoms with E-state index in [1.807, 2.05) is 12.1 Å². The number of aromatic amines is 1. The number of carbonyl (C=O) groups is 2. The Bertz CT molecular complexity index is 1510. The maximum atomic E-state index is 13.1. The van der Waals surface area contributed by atoms with Crippen molar-refractivity contribution >= 4 is 28.4 Å². The van der Waals surface area contributed by atoms with Crippen molar-refractivity contribution in [2.45, 2.75) is 38.1 Å². The first-order valence-corrected chi connectivity index (χ1v) is 12.3. The molecule has 5 aromatic rings. The van der Waals surface area contributed by atoms with Crippen molar-refractivity contribution in [3.8, 4) is 11.3 Å². The quantitative estimate of drug-likeness (QED) is 0.252. The zero-order valence-electron chi connectivity index (χ0n) is 20.5. The largest absolute Gasteiger partial charge is 0.359 e. The highest BCUT2D eigenvalue weighted by Crippen LogP contribution is 2.26. The minimum absolute atomic E-state index is 0.0300. The number of rotatable bonds is 10. The van der Waals surface area contributed by atoms with Crippen molar-refractivity contribution in [3.05, 3.63) is 78.8 Å². The van der Waals surface area contributed by atoms with Crippen LogP contribution in [0.1, 0.15) is 54.6 Å². The van der Waals surface area contributed by atoms with Gasteiger partial charge in [-0.15, -0.1) is 5.10 Å². The van der Waals surface area contributed by atoms with Crippen molar-refractivity contribution in [1.82, 2.24) is 40.2 Å². The Morgan fingerprint density at radius 2 is 1.89 bits per heavy atom. The first-order chi connectivity index (χ1) is 18.1. The summed E-state index contributed by atoms with van der Waals surface area (Å²) in [5.41, 5.74) is 1.89. The third-order valence-electron chi connectivity index (χ3n) is 6.29. The lowest BCUT2D eigenvalue weighted by Gasteiger charge is -2.16. The van der Waals surface area contributed by atoms with E-state index in [1.54, 1.807) is 31.7 Å². The zero-order valence-corrected chi connectivity index (χ0v) is 20.5. The van der Waals surface area contributed by atoms with Crippen LogP contribution >= 0.6 is 0 Å². The van der Waals surface area contributed by atoms with Gasteiger partial charge in [0.2, 0.25) is 11.7 Å².